The zero-order valence-corrected chi connectivity index (χ0v) is 13.3. The predicted molar refractivity (Wildman–Crippen MR) is 82.2 cm³/mol. The third-order valence-corrected chi connectivity index (χ3v) is 3.48. The molecule has 2 amide bonds. The van der Waals surface area contributed by atoms with Crippen molar-refractivity contribution in [3.63, 3.8) is 0 Å². The van der Waals surface area contributed by atoms with E-state index in [1.165, 1.54) is 0 Å². The number of hydrogen-bond donors (Lipinski definition) is 3. The van der Waals surface area contributed by atoms with E-state index in [2.05, 4.69) is 26.6 Å². The molecule has 0 saturated heterocycles. The number of benzene rings is 1. The summed E-state index contributed by atoms with van der Waals surface area (Å²) < 4.78 is 0.808. The number of carboxylic acids is 1. The van der Waals surface area contributed by atoms with Gasteiger partial charge in [-0.25, -0.2) is 4.79 Å². The van der Waals surface area contributed by atoms with E-state index in [0.717, 1.165) is 10.9 Å². The van der Waals surface area contributed by atoms with Crippen LogP contribution in [0.2, 0.25) is 5.02 Å². The Bertz CT molecular complexity index is 497. The van der Waals surface area contributed by atoms with Gasteiger partial charge in [0.2, 0.25) is 0 Å². The second-order valence-corrected chi connectivity index (χ2v) is 5.61. The molecule has 1 atom stereocenters. The van der Waals surface area contributed by atoms with E-state index in [4.69, 9.17) is 16.7 Å². The average molecular weight is 364 g/mol. The maximum atomic E-state index is 11.7. The van der Waals surface area contributed by atoms with Gasteiger partial charge in [-0.15, -0.1) is 0 Å². The Balaban J connectivity index is 2.53. The minimum atomic E-state index is -0.908. The van der Waals surface area contributed by atoms with Crippen LogP contribution in [0.3, 0.4) is 0 Å². The quantitative estimate of drug-likeness (QED) is 0.720. The monoisotopic (exact) mass is 362 g/mol. The van der Waals surface area contributed by atoms with E-state index < -0.39 is 17.9 Å². The maximum Gasteiger partial charge on any atom is 0.319 e. The van der Waals surface area contributed by atoms with Crippen molar-refractivity contribution in [3.8, 4) is 0 Å². The van der Waals surface area contributed by atoms with Crippen molar-refractivity contribution in [2.75, 3.05) is 11.9 Å². The van der Waals surface area contributed by atoms with Crippen LogP contribution in [0.15, 0.2) is 22.7 Å². The van der Waals surface area contributed by atoms with Gasteiger partial charge in [0.15, 0.2) is 0 Å². The second-order valence-electron chi connectivity index (χ2n) is 4.28. The Hall–Kier alpha value is -1.27. The third kappa shape index (κ3) is 5.38. The lowest BCUT2D eigenvalue weighted by atomic mass is 10.0. The molecule has 1 aromatic carbocycles. The van der Waals surface area contributed by atoms with Gasteiger partial charge in [0, 0.05) is 11.0 Å². The van der Waals surface area contributed by atoms with Crippen LogP contribution in [0.4, 0.5) is 10.5 Å². The number of carbonyl (C=O) groups is 2. The van der Waals surface area contributed by atoms with E-state index in [0.29, 0.717) is 17.1 Å². The number of anilines is 1. The molecule has 0 bridgehead atoms. The fourth-order valence-corrected chi connectivity index (χ4v) is 2.36. The SMILES string of the molecule is CCCC(CNC(=O)Nc1ccc(Br)cc1Cl)C(=O)O. The molecule has 0 heterocycles. The molecule has 0 saturated carbocycles. The van der Waals surface area contributed by atoms with E-state index in [9.17, 15) is 9.59 Å². The van der Waals surface area contributed by atoms with Gasteiger partial charge in [0.25, 0.3) is 0 Å². The highest BCUT2D eigenvalue weighted by atomic mass is 79.9. The fraction of sp³-hybridized carbons (Fsp3) is 0.385. The molecular formula is C13H16BrClN2O3. The number of carboxylic acid groups (broad SMARTS) is 1. The highest BCUT2D eigenvalue weighted by Crippen LogP contribution is 2.25. The predicted octanol–water partition coefficient (Wildman–Crippen LogP) is 3.72. The van der Waals surface area contributed by atoms with Gasteiger partial charge in [0.1, 0.15) is 0 Å². The molecule has 20 heavy (non-hydrogen) atoms. The van der Waals surface area contributed by atoms with Gasteiger partial charge >= 0.3 is 12.0 Å². The standard InChI is InChI=1S/C13H16BrClN2O3/c1-2-3-8(12(18)19)7-16-13(20)17-11-5-4-9(14)6-10(11)15/h4-6,8H,2-3,7H2,1H3,(H,18,19)(H2,16,17,20). The highest BCUT2D eigenvalue weighted by molar-refractivity contribution is 9.10. The fourth-order valence-electron chi connectivity index (χ4n) is 1.63. The van der Waals surface area contributed by atoms with Gasteiger partial charge < -0.3 is 15.7 Å². The topological polar surface area (TPSA) is 78.4 Å². The molecular weight excluding hydrogens is 348 g/mol. The molecule has 0 radical (unpaired) electrons. The molecule has 0 aliphatic heterocycles. The van der Waals surface area contributed by atoms with Crippen LogP contribution in [0, 0.1) is 5.92 Å². The van der Waals surface area contributed by atoms with Gasteiger partial charge in [-0.1, -0.05) is 40.9 Å². The first kappa shape index (κ1) is 16.8. The number of hydrogen-bond acceptors (Lipinski definition) is 2. The highest BCUT2D eigenvalue weighted by Gasteiger charge is 2.17. The summed E-state index contributed by atoms with van der Waals surface area (Å²) in [5.41, 5.74) is 0.467. The summed E-state index contributed by atoms with van der Waals surface area (Å²) in [6.45, 7) is 1.99. The zero-order chi connectivity index (χ0) is 15.1. The number of amides is 2. The normalized spacial score (nSPS) is 11.8. The summed E-state index contributed by atoms with van der Waals surface area (Å²) in [5, 5.41) is 14.5. The number of carbonyl (C=O) groups excluding carboxylic acids is 1. The first-order valence-electron chi connectivity index (χ1n) is 6.16. The summed E-state index contributed by atoms with van der Waals surface area (Å²) in [4.78, 5) is 22.6. The van der Waals surface area contributed by atoms with Gasteiger partial charge in [-0.05, 0) is 24.6 Å². The number of halogens is 2. The second kappa shape index (κ2) is 8.11. The van der Waals surface area contributed by atoms with Crippen molar-refractivity contribution in [3.05, 3.63) is 27.7 Å². The average Bonchev–Trinajstić information content (AvgIpc) is 2.37. The minimum Gasteiger partial charge on any atom is -0.481 e. The lowest BCUT2D eigenvalue weighted by Crippen LogP contribution is -2.35. The smallest absolute Gasteiger partial charge is 0.319 e. The van der Waals surface area contributed by atoms with Crippen LogP contribution >= 0.6 is 27.5 Å². The molecule has 5 nitrogen and oxygen atoms in total. The van der Waals surface area contributed by atoms with Crippen molar-refractivity contribution < 1.29 is 14.7 Å². The molecule has 0 aliphatic carbocycles. The Kier molecular flexibility index (Phi) is 6.81. The molecule has 1 aromatic rings. The van der Waals surface area contributed by atoms with E-state index in [-0.39, 0.29) is 6.54 Å². The molecule has 3 N–H and O–H groups in total. The van der Waals surface area contributed by atoms with Crippen LogP contribution < -0.4 is 10.6 Å². The largest absolute Gasteiger partial charge is 0.481 e. The minimum absolute atomic E-state index is 0.0865. The Morgan fingerprint density at radius 2 is 2.15 bits per heavy atom. The molecule has 0 aromatic heterocycles. The maximum absolute atomic E-state index is 11.7. The Labute approximate surface area is 130 Å². The number of urea groups is 1. The van der Waals surface area contributed by atoms with Crippen LogP contribution in [0.1, 0.15) is 19.8 Å². The van der Waals surface area contributed by atoms with Crippen molar-refractivity contribution >= 4 is 45.2 Å². The van der Waals surface area contributed by atoms with Crippen LogP contribution in [0.25, 0.3) is 0 Å². The molecule has 1 unspecified atom stereocenters. The lowest BCUT2D eigenvalue weighted by molar-refractivity contribution is -0.141. The lowest BCUT2D eigenvalue weighted by Gasteiger charge is -2.13. The van der Waals surface area contributed by atoms with Crippen LogP contribution in [0.5, 0.6) is 0 Å². The van der Waals surface area contributed by atoms with E-state index in [1.807, 2.05) is 6.92 Å². The van der Waals surface area contributed by atoms with Crippen molar-refractivity contribution in [2.24, 2.45) is 5.92 Å². The number of rotatable bonds is 6. The van der Waals surface area contributed by atoms with Crippen molar-refractivity contribution in [1.29, 1.82) is 0 Å². The van der Waals surface area contributed by atoms with E-state index >= 15 is 0 Å². The first-order chi connectivity index (χ1) is 9.43. The van der Waals surface area contributed by atoms with Gasteiger partial charge in [-0.3, -0.25) is 4.79 Å². The zero-order valence-electron chi connectivity index (χ0n) is 11.0. The third-order valence-electron chi connectivity index (χ3n) is 2.67. The van der Waals surface area contributed by atoms with E-state index in [1.54, 1.807) is 18.2 Å². The molecule has 0 fully saturated rings. The Morgan fingerprint density at radius 3 is 2.70 bits per heavy atom. The summed E-state index contributed by atoms with van der Waals surface area (Å²) in [5.74, 6) is -1.49. The molecule has 0 aliphatic rings. The van der Waals surface area contributed by atoms with Crippen molar-refractivity contribution in [1.82, 2.24) is 5.32 Å². The molecule has 7 heteroatoms. The Morgan fingerprint density at radius 1 is 1.45 bits per heavy atom. The summed E-state index contributed by atoms with van der Waals surface area (Å²) in [7, 11) is 0. The summed E-state index contributed by atoms with van der Waals surface area (Å²) in [6.07, 6.45) is 1.27. The van der Waals surface area contributed by atoms with Crippen molar-refractivity contribution in [2.45, 2.75) is 19.8 Å². The molecule has 1 rings (SSSR count). The summed E-state index contributed by atoms with van der Waals surface area (Å²) >= 11 is 9.24. The van der Waals surface area contributed by atoms with Gasteiger partial charge in [-0.2, -0.15) is 0 Å². The number of aliphatic carboxylic acids is 1. The van der Waals surface area contributed by atoms with Crippen LogP contribution in [-0.2, 0) is 4.79 Å². The summed E-state index contributed by atoms with van der Waals surface area (Å²) in [6, 6.07) is 4.59. The number of nitrogens with one attached hydrogen (secondary N) is 2. The van der Waals surface area contributed by atoms with Crippen LogP contribution in [-0.4, -0.2) is 23.7 Å². The molecule has 0 spiro atoms. The molecule has 110 valence electrons. The van der Waals surface area contributed by atoms with Gasteiger partial charge in [0.05, 0.1) is 16.6 Å². The first-order valence-corrected chi connectivity index (χ1v) is 7.33.